The highest BCUT2D eigenvalue weighted by molar-refractivity contribution is 7.14. The Morgan fingerprint density at radius 1 is 1.17 bits per heavy atom. The van der Waals surface area contributed by atoms with Gasteiger partial charge in [-0.1, -0.05) is 23.7 Å². The fourth-order valence-corrected chi connectivity index (χ4v) is 3.79. The van der Waals surface area contributed by atoms with Crippen LogP contribution in [-0.2, 0) is 0 Å². The molecule has 3 aromatic rings. The molecule has 1 aromatic heterocycles. The standard InChI is InChI=1S/C20H16ClN3O4S/c1-10(15-9-29-18(17(15)25)11-3-2-4-13(21)7-11)23-24-19(26)14-6-5-12(20(27)28)8-16(14)22/h2-9,25H,22H2,1H3,(H,24,26)(H,27,28). The van der Waals surface area contributed by atoms with E-state index in [4.69, 9.17) is 22.4 Å². The predicted octanol–water partition coefficient (Wildman–Crippen LogP) is 4.21. The van der Waals surface area contributed by atoms with Gasteiger partial charge in [0, 0.05) is 16.1 Å². The second kappa shape index (κ2) is 8.34. The Morgan fingerprint density at radius 2 is 1.93 bits per heavy atom. The molecular weight excluding hydrogens is 414 g/mol. The summed E-state index contributed by atoms with van der Waals surface area (Å²) in [6.45, 7) is 1.64. The van der Waals surface area contributed by atoms with Crippen molar-refractivity contribution in [1.29, 1.82) is 0 Å². The van der Waals surface area contributed by atoms with Crippen LogP contribution in [-0.4, -0.2) is 27.8 Å². The van der Waals surface area contributed by atoms with Crippen LogP contribution < -0.4 is 11.2 Å². The molecule has 1 heterocycles. The van der Waals surface area contributed by atoms with Crippen molar-refractivity contribution in [1.82, 2.24) is 5.43 Å². The molecule has 7 nitrogen and oxygen atoms in total. The number of aromatic hydroxyl groups is 1. The van der Waals surface area contributed by atoms with Gasteiger partial charge in [-0.25, -0.2) is 10.2 Å². The van der Waals surface area contributed by atoms with Crippen LogP contribution in [0.15, 0.2) is 52.9 Å². The van der Waals surface area contributed by atoms with Crippen molar-refractivity contribution in [2.45, 2.75) is 6.92 Å². The Morgan fingerprint density at radius 3 is 2.59 bits per heavy atom. The zero-order chi connectivity index (χ0) is 21.1. The van der Waals surface area contributed by atoms with Crippen molar-refractivity contribution in [2.75, 3.05) is 5.73 Å². The molecule has 0 radical (unpaired) electrons. The van der Waals surface area contributed by atoms with Crippen LogP contribution in [0.4, 0.5) is 5.69 Å². The number of nitrogen functional groups attached to an aromatic ring is 1. The van der Waals surface area contributed by atoms with Crippen LogP contribution >= 0.6 is 22.9 Å². The molecule has 0 unspecified atom stereocenters. The molecule has 5 N–H and O–H groups in total. The Labute approximate surface area is 175 Å². The van der Waals surface area contributed by atoms with Crippen molar-refractivity contribution < 1.29 is 19.8 Å². The Bertz CT molecular complexity index is 1140. The first-order valence-electron chi connectivity index (χ1n) is 8.32. The minimum Gasteiger partial charge on any atom is -0.506 e. The van der Waals surface area contributed by atoms with E-state index in [1.54, 1.807) is 30.5 Å². The molecule has 148 valence electrons. The first-order chi connectivity index (χ1) is 13.8. The number of anilines is 1. The fraction of sp³-hybridized carbons (Fsp3) is 0.0500. The van der Waals surface area contributed by atoms with Gasteiger partial charge in [-0.05, 0) is 42.8 Å². The molecule has 1 amide bonds. The Kier molecular flexibility index (Phi) is 5.86. The number of halogens is 1. The van der Waals surface area contributed by atoms with Crippen LogP contribution in [0.1, 0.15) is 33.2 Å². The highest BCUT2D eigenvalue weighted by Crippen LogP contribution is 2.39. The Balaban J connectivity index is 1.80. The number of hydrogen-bond acceptors (Lipinski definition) is 6. The lowest BCUT2D eigenvalue weighted by molar-refractivity contribution is 0.0696. The van der Waals surface area contributed by atoms with Crippen LogP contribution in [0.2, 0.25) is 5.02 Å². The maximum Gasteiger partial charge on any atom is 0.335 e. The van der Waals surface area contributed by atoms with E-state index in [-0.39, 0.29) is 22.6 Å². The molecule has 0 bridgehead atoms. The molecule has 0 aliphatic heterocycles. The predicted molar refractivity (Wildman–Crippen MR) is 114 cm³/mol. The second-order valence-electron chi connectivity index (χ2n) is 6.08. The summed E-state index contributed by atoms with van der Waals surface area (Å²) in [5.41, 5.74) is 9.86. The van der Waals surface area contributed by atoms with Gasteiger partial charge in [0.05, 0.1) is 27.3 Å². The lowest BCUT2D eigenvalue weighted by Crippen LogP contribution is -2.20. The van der Waals surface area contributed by atoms with Crippen LogP contribution in [0.25, 0.3) is 10.4 Å². The first-order valence-corrected chi connectivity index (χ1v) is 9.58. The SMILES string of the molecule is CC(=NNC(=O)c1ccc(C(=O)O)cc1N)c1csc(-c2cccc(Cl)c2)c1O. The van der Waals surface area contributed by atoms with Gasteiger partial charge in [0.15, 0.2) is 0 Å². The number of carboxylic acids is 1. The average molecular weight is 430 g/mol. The van der Waals surface area contributed by atoms with E-state index >= 15 is 0 Å². The van der Waals surface area contributed by atoms with E-state index in [2.05, 4.69) is 10.5 Å². The third kappa shape index (κ3) is 4.39. The minimum absolute atomic E-state index is 0.0181. The molecule has 2 aromatic carbocycles. The number of amides is 1. The van der Waals surface area contributed by atoms with Gasteiger partial charge >= 0.3 is 5.97 Å². The van der Waals surface area contributed by atoms with E-state index in [1.807, 2.05) is 6.07 Å². The largest absolute Gasteiger partial charge is 0.506 e. The first kappa shape index (κ1) is 20.4. The number of rotatable bonds is 5. The maximum atomic E-state index is 12.3. The minimum atomic E-state index is -1.14. The van der Waals surface area contributed by atoms with Gasteiger partial charge in [-0.3, -0.25) is 4.79 Å². The molecule has 9 heteroatoms. The van der Waals surface area contributed by atoms with Crippen molar-refractivity contribution in [3.05, 3.63) is 69.6 Å². The molecule has 0 saturated carbocycles. The number of nitrogens with zero attached hydrogens (tertiary/aromatic N) is 1. The van der Waals surface area contributed by atoms with Crippen molar-refractivity contribution >= 4 is 46.2 Å². The smallest absolute Gasteiger partial charge is 0.335 e. The summed E-state index contributed by atoms with van der Waals surface area (Å²) in [6.07, 6.45) is 0. The number of carbonyl (C=O) groups excluding carboxylic acids is 1. The summed E-state index contributed by atoms with van der Waals surface area (Å²) in [5, 5.41) is 25.8. The number of thiophene rings is 1. The normalized spacial score (nSPS) is 11.3. The fourth-order valence-electron chi connectivity index (χ4n) is 2.60. The zero-order valence-electron chi connectivity index (χ0n) is 15.1. The van der Waals surface area contributed by atoms with E-state index < -0.39 is 11.9 Å². The van der Waals surface area contributed by atoms with Gasteiger partial charge < -0.3 is 15.9 Å². The summed E-state index contributed by atoms with van der Waals surface area (Å²) in [6, 6.07) is 10.9. The number of carbonyl (C=O) groups is 2. The number of hydrogen-bond donors (Lipinski definition) is 4. The number of hydrazone groups is 1. The number of nitrogens with one attached hydrogen (secondary N) is 1. The van der Waals surface area contributed by atoms with E-state index in [9.17, 15) is 14.7 Å². The third-order valence-corrected chi connectivity index (χ3v) is 5.36. The van der Waals surface area contributed by atoms with Crippen LogP contribution in [0.3, 0.4) is 0 Å². The summed E-state index contributed by atoms with van der Waals surface area (Å²) in [5.74, 6) is -1.69. The molecule has 0 spiro atoms. The van der Waals surface area contributed by atoms with E-state index in [0.717, 1.165) is 5.56 Å². The lowest BCUT2D eigenvalue weighted by Gasteiger charge is -2.06. The highest BCUT2D eigenvalue weighted by atomic mass is 35.5. The molecular formula is C20H16ClN3O4S. The summed E-state index contributed by atoms with van der Waals surface area (Å²) >= 11 is 7.33. The second-order valence-corrected chi connectivity index (χ2v) is 7.40. The summed E-state index contributed by atoms with van der Waals surface area (Å²) in [4.78, 5) is 23.9. The quantitative estimate of drug-likeness (QED) is 0.274. The van der Waals surface area contributed by atoms with Gasteiger partial charge in [0.1, 0.15) is 5.75 Å². The summed E-state index contributed by atoms with van der Waals surface area (Å²) in [7, 11) is 0. The van der Waals surface area contributed by atoms with E-state index in [0.29, 0.717) is 21.2 Å². The number of benzene rings is 2. The monoisotopic (exact) mass is 429 g/mol. The number of aromatic carboxylic acids is 1. The molecule has 0 aliphatic rings. The molecule has 29 heavy (non-hydrogen) atoms. The van der Waals surface area contributed by atoms with Gasteiger partial charge in [0.25, 0.3) is 5.91 Å². The Hall–Kier alpha value is -3.36. The van der Waals surface area contributed by atoms with Gasteiger partial charge in [-0.15, -0.1) is 11.3 Å². The number of nitrogens with two attached hydrogens (primary N) is 1. The van der Waals surface area contributed by atoms with E-state index in [1.165, 1.54) is 29.5 Å². The van der Waals surface area contributed by atoms with Crippen molar-refractivity contribution in [2.24, 2.45) is 5.10 Å². The molecule has 3 rings (SSSR count). The molecule has 0 aliphatic carbocycles. The molecule has 0 fully saturated rings. The topological polar surface area (TPSA) is 125 Å². The number of carboxylic acid groups (broad SMARTS) is 1. The van der Waals surface area contributed by atoms with Gasteiger partial charge in [-0.2, -0.15) is 5.10 Å². The van der Waals surface area contributed by atoms with Crippen molar-refractivity contribution in [3.63, 3.8) is 0 Å². The lowest BCUT2D eigenvalue weighted by atomic mass is 10.1. The summed E-state index contributed by atoms with van der Waals surface area (Å²) < 4.78 is 0. The molecule has 0 saturated heterocycles. The molecule has 0 atom stereocenters. The average Bonchev–Trinajstić information content (AvgIpc) is 3.07. The van der Waals surface area contributed by atoms with Crippen LogP contribution in [0, 0.1) is 0 Å². The third-order valence-electron chi connectivity index (χ3n) is 4.11. The highest BCUT2D eigenvalue weighted by Gasteiger charge is 2.16. The zero-order valence-corrected chi connectivity index (χ0v) is 16.7. The maximum absolute atomic E-state index is 12.3. The van der Waals surface area contributed by atoms with Crippen LogP contribution in [0.5, 0.6) is 5.75 Å². The van der Waals surface area contributed by atoms with Gasteiger partial charge in [0.2, 0.25) is 0 Å². The van der Waals surface area contributed by atoms with Crippen molar-refractivity contribution in [3.8, 4) is 16.2 Å².